The predicted molar refractivity (Wildman–Crippen MR) is 135 cm³/mol. The van der Waals surface area contributed by atoms with Gasteiger partial charge in [0.15, 0.2) is 5.82 Å². The van der Waals surface area contributed by atoms with Crippen LogP contribution in [0.25, 0.3) is 10.9 Å². The largest absolute Gasteiger partial charge is 0.491 e. The molecule has 2 heterocycles. The van der Waals surface area contributed by atoms with Gasteiger partial charge >= 0.3 is 6.03 Å². The molecule has 182 valence electrons. The van der Waals surface area contributed by atoms with Crippen LogP contribution in [0.3, 0.4) is 0 Å². The standard InChI is InChI=1S/C25H27N5O4S/c1-25(2,3)21-14-22(30-34-21)29-24(31)28-16-6-5-7-18(12-16)35-23-19-13-17(33-11-10-32-4)8-9-20(19)26-15-27-23/h5-9,12-15H,10-11H2,1-4H3,(H2,28,29,30,31). The van der Waals surface area contributed by atoms with Gasteiger partial charge in [-0.05, 0) is 36.4 Å². The Bertz CT molecular complexity index is 1320. The van der Waals surface area contributed by atoms with Crippen molar-refractivity contribution in [3.8, 4) is 5.75 Å². The van der Waals surface area contributed by atoms with E-state index in [-0.39, 0.29) is 5.41 Å². The fraction of sp³-hybridized carbons (Fsp3) is 0.280. The normalized spacial score (nSPS) is 11.4. The molecule has 0 aliphatic heterocycles. The lowest BCUT2D eigenvalue weighted by Gasteiger charge is -2.12. The van der Waals surface area contributed by atoms with Crippen LogP contribution in [0.5, 0.6) is 5.75 Å². The Balaban J connectivity index is 1.45. The van der Waals surface area contributed by atoms with Crippen LogP contribution in [0, 0.1) is 0 Å². The Morgan fingerprint density at radius 1 is 1.06 bits per heavy atom. The van der Waals surface area contributed by atoms with Crippen LogP contribution >= 0.6 is 11.8 Å². The Morgan fingerprint density at radius 2 is 1.91 bits per heavy atom. The molecule has 0 saturated carbocycles. The first kappa shape index (κ1) is 24.5. The van der Waals surface area contributed by atoms with Gasteiger partial charge in [-0.3, -0.25) is 5.32 Å². The van der Waals surface area contributed by atoms with Crippen LogP contribution < -0.4 is 15.4 Å². The second-order valence-corrected chi connectivity index (χ2v) is 9.80. The quantitative estimate of drug-likeness (QED) is 0.236. The van der Waals surface area contributed by atoms with Crippen molar-refractivity contribution in [3.63, 3.8) is 0 Å². The predicted octanol–water partition coefficient (Wildman–Crippen LogP) is 5.74. The first-order chi connectivity index (χ1) is 16.8. The van der Waals surface area contributed by atoms with Gasteiger partial charge in [-0.2, -0.15) is 0 Å². The first-order valence-corrected chi connectivity index (χ1v) is 11.8. The van der Waals surface area contributed by atoms with E-state index in [1.54, 1.807) is 13.2 Å². The molecular formula is C25H27N5O4S. The molecule has 0 unspecified atom stereocenters. The lowest BCUT2D eigenvalue weighted by molar-refractivity contribution is 0.146. The molecule has 0 saturated heterocycles. The van der Waals surface area contributed by atoms with Crippen LogP contribution in [0.4, 0.5) is 16.3 Å². The number of hydrogen-bond acceptors (Lipinski definition) is 8. The van der Waals surface area contributed by atoms with Gasteiger partial charge in [-0.25, -0.2) is 14.8 Å². The van der Waals surface area contributed by atoms with Crippen LogP contribution in [0.15, 0.2) is 69.3 Å². The minimum absolute atomic E-state index is 0.197. The van der Waals surface area contributed by atoms with E-state index >= 15 is 0 Å². The van der Waals surface area contributed by atoms with E-state index in [1.165, 1.54) is 18.1 Å². The number of carbonyl (C=O) groups is 1. The third-order valence-electron chi connectivity index (χ3n) is 4.92. The van der Waals surface area contributed by atoms with Gasteiger partial charge in [0.25, 0.3) is 0 Å². The second-order valence-electron chi connectivity index (χ2n) is 8.73. The van der Waals surface area contributed by atoms with E-state index < -0.39 is 6.03 Å². The molecule has 0 bridgehead atoms. The van der Waals surface area contributed by atoms with Crippen LogP contribution in [-0.4, -0.2) is 41.5 Å². The number of amides is 2. The number of ether oxygens (including phenoxy) is 2. The summed E-state index contributed by atoms with van der Waals surface area (Å²) in [6, 6.07) is 14.5. The van der Waals surface area contributed by atoms with E-state index in [9.17, 15) is 4.79 Å². The van der Waals surface area contributed by atoms with Crippen LogP contribution in [0.1, 0.15) is 26.5 Å². The summed E-state index contributed by atoms with van der Waals surface area (Å²) in [5.41, 5.74) is 1.25. The zero-order chi connectivity index (χ0) is 24.8. The molecule has 4 rings (SSSR count). The molecule has 2 aromatic heterocycles. The highest BCUT2D eigenvalue weighted by Crippen LogP contribution is 2.34. The monoisotopic (exact) mass is 493 g/mol. The summed E-state index contributed by atoms with van der Waals surface area (Å²) in [6.07, 6.45) is 1.54. The average molecular weight is 494 g/mol. The number of carbonyl (C=O) groups excluding carboxylic acids is 1. The van der Waals surface area contributed by atoms with Crippen molar-refractivity contribution in [1.82, 2.24) is 15.1 Å². The van der Waals surface area contributed by atoms with Gasteiger partial charge in [0.1, 0.15) is 29.5 Å². The number of benzene rings is 2. The van der Waals surface area contributed by atoms with Crippen molar-refractivity contribution in [2.75, 3.05) is 31.0 Å². The fourth-order valence-corrected chi connectivity index (χ4v) is 4.07. The smallest absolute Gasteiger partial charge is 0.324 e. The van der Waals surface area contributed by atoms with Crippen molar-refractivity contribution in [2.24, 2.45) is 0 Å². The number of nitrogens with zero attached hydrogens (tertiary/aromatic N) is 3. The maximum Gasteiger partial charge on any atom is 0.324 e. The SMILES string of the molecule is COCCOc1ccc2ncnc(Sc3cccc(NC(=O)Nc4cc(C(C)(C)C)on4)c3)c2c1. The summed E-state index contributed by atoms with van der Waals surface area (Å²) < 4.78 is 16.1. The summed E-state index contributed by atoms with van der Waals surface area (Å²) in [6.45, 7) is 7.00. The highest BCUT2D eigenvalue weighted by molar-refractivity contribution is 7.99. The van der Waals surface area contributed by atoms with Crippen molar-refractivity contribution in [3.05, 3.63) is 60.6 Å². The molecular weight excluding hydrogens is 466 g/mol. The molecule has 0 aliphatic carbocycles. The molecule has 2 aromatic carbocycles. The van der Waals surface area contributed by atoms with E-state index in [0.717, 1.165) is 26.6 Å². The lowest BCUT2D eigenvalue weighted by atomic mass is 9.93. The molecule has 9 nitrogen and oxygen atoms in total. The molecule has 0 spiro atoms. The molecule has 10 heteroatoms. The molecule has 2 amide bonds. The summed E-state index contributed by atoms with van der Waals surface area (Å²) in [5.74, 6) is 1.77. The average Bonchev–Trinajstić information content (AvgIpc) is 3.29. The zero-order valence-electron chi connectivity index (χ0n) is 20.0. The summed E-state index contributed by atoms with van der Waals surface area (Å²) in [4.78, 5) is 22.2. The van der Waals surface area contributed by atoms with Gasteiger partial charge in [-0.1, -0.05) is 43.8 Å². The number of hydrogen-bond donors (Lipinski definition) is 2. The Labute approximate surface area is 207 Å². The number of methoxy groups -OCH3 is 1. The van der Waals surface area contributed by atoms with Gasteiger partial charge in [0.05, 0.1) is 12.1 Å². The van der Waals surface area contributed by atoms with E-state index in [2.05, 4.69) is 25.8 Å². The number of nitrogens with one attached hydrogen (secondary N) is 2. The molecule has 35 heavy (non-hydrogen) atoms. The van der Waals surface area contributed by atoms with Gasteiger partial charge in [0.2, 0.25) is 0 Å². The van der Waals surface area contributed by atoms with E-state index in [1.807, 2.05) is 63.2 Å². The third-order valence-corrected chi connectivity index (χ3v) is 5.93. The summed E-state index contributed by atoms with van der Waals surface area (Å²) >= 11 is 1.48. The molecule has 2 N–H and O–H groups in total. The van der Waals surface area contributed by atoms with Gasteiger partial charge < -0.3 is 19.3 Å². The maximum atomic E-state index is 12.5. The number of anilines is 2. The minimum Gasteiger partial charge on any atom is -0.491 e. The minimum atomic E-state index is -0.411. The fourth-order valence-electron chi connectivity index (χ4n) is 3.14. The van der Waals surface area contributed by atoms with Crippen molar-refractivity contribution >= 4 is 40.2 Å². The highest BCUT2D eigenvalue weighted by atomic mass is 32.2. The zero-order valence-corrected chi connectivity index (χ0v) is 20.8. The molecule has 0 radical (unpaired) electrons. The first-order valence-electron chi connectivity index (χ1n) is 11.0. The molecule has 0 fully saturated rings. The topological polar surface area (TPSA) is 111 Å². The molecule has 0 aliphatic rings. The molecule has 0 atom stereocenters. The number of fused-ring (bicyclic) bond motifs is 1. The summed E-state index contributed by atoms with van der Waals surface area (Å²) in [5, 5.41) is 11.1. The van der Waals surface area contributed by atoms with E-state index in [0.29, 0.717) is 30.5 Å². The lowest BCUT2D eigenvalue weighted by Crippen LogP contribution is -2.19. The van der Waals surface area contributed by atoms with E-state index in [4.69, 9.17) is 14.0 Å². The number of urea groups is 1. The Hall–Kier alpha value is -3.63. The number of aromatic nitrogens is 3. The van der Waals surface area contributed by atoms with Gasteiger partial charge in [-0.15, -0.1) is 0 Å². The van der Waals surface area contributed by atoms with Crippen molar-refractivity contribution in [2.45, 2.75) is 36.1 Å². The van der Waals surface area contributed by atoms with Crippen molar-refractivity contribution in [1.29, 1.82) is 0 Å². The Kier molecular flexibility index (Phi) is 7.52. The van der Waals surface area contributed by atoms with Crippen molar-refractivity contribution < 1.29 is 18.8 Å². The van der Waals surface area contributed by atoms with Crippen LogP contribution in [-0.2, 0) is 10.2 Å². The Morgan fingerprint density at radius 3 is 2.69 bits per heavy atom. The number of rotatable bonds is 8. The summed E-state index contributed by atoms with van der Waals surface area (Å²) in [7, 11) is 1.64. The third kappa shape index (κ3) is 6.49. The van der Waals surface area contributed by atoms with Gasteiger partial charge in [0, 0.05) is 34.6 Å². The highest BCUT2D eigenvalue weighted by Gasteiger charge is 2.20. The van der Waals surface area contributed by atoms with Crippen LogP contribution in [0.2, 0.25) is 0 Å². The molecule has 4 aromatic rings. The second kappa shape index (κ2) is 10.7. The maximum absolute atomic E-state index is 12.5.